The Bertz CT molecular complexity index is 986. The summed E-state index contributed by atoms with van der Waals surface area (Å²) in [6.07, 6.45) is 6.90. The molecule has 0 bridgehead atoms. The average molecular weight is 418 g/mol. The molecule has 0 saturated carbocycles. The SMILES string of the molecule is CCc1cnc(N(CCCOc2cccc(CC=O)c2)Cc2ccc(C)cc2C)nc1. The van der Waals surface area contributed by atoms with E-state index < -0.39 is 0 Å². The summed E-state index contributed by atoms with van der Waals surface area (Å²) >= 11 is 0. The maximum Gasteiger partial charge on any atom is 0.225 e. The van der Waals surface area contributed by atoms with Crippen LogP contribution in [0.15, 0.2) is 54.9 Å². The summed E-state index contributed by atoms with van der Waals surface area (Å²) in [7, 11) is 0. The van der Waals surface area contributed by atoms with E-state index in [2.05, 4.69) is 53.8 Å². The van der Waals surface area contributed by atoms with Gasteiger partial charge in [0.25, 0.3) is 0 Å². The first-order valence-electron chi connectivity index (χ1n) is 10.9. The van der Waals surface area contributed by atoms with Crippen molar-refractivity contribution in [2.75, 3.05) is 18.1 Å². The monoisotopic (exact) mass is 417 g/mol. The average Bonchev–Trinajstić information content (AvgIpc) is 2.78. The van der Waals surface area contributed by atoms with E-state index in [0.29, 0.717) is 13.0 Å². The molecule has 0 saturated heterocycles. The van der Waals surface area contributed by atoms with E-state index in [0.717, 1.165) is 55.0 Å². The van der Waals surface area contributed by atoms with Gasteiger partial charge in [-0.25, -0.2) is 9.97 Å². The molecule has 31 heavy (non-hydrogen) atoms. The minimum absolute atomic E-state index is 0.409. The number of nitrogens with zero attached hydrogens (tertiary/aromatic N) is 3. The summed E-state index contributed by atoms with van der Waals surface area (Å²) in [5.41, 5.74) is 5.92. The lowest BCUT2D eigenvalue weighted by Gasteiger charge is -2.24. The van der Waals surface area contributed by atoms with E-state index >= 15 is 0 Å². The van der Waals surface area contributed by atoms with Crippen molar-refractivity contribution in [2.24, 2.45) is 0 Å². The molecule has 0 aliphatic heterocycles. The molecule has 0 aliphatic carbocycles. The van der Waals surface area contributed by atoms with Crippen LogP contribution in [0.3, 0.4) is 0 Å². The fourth-order valence-corrected chi connectivity index (χ4v) is 3.48. The quantitative estimate of drug-likeness (QED) is 0.329. The van der Waals surface area contributed by atoms with Crippen LogP contribution in [-0.4, -0.2) is 29.4 Å². The summed E-state index contributed by atoms with van der Waals surface area (Å²) in [5, 5.41) is 0. The molecule has 2 aromatic carbocycles. The number of anilines is 1. The molecule has 162 valence electrons. The second-order valence-corrected chi connectivity index (χ2v) is 7.82. The number of benzene rings is 2. The van der Waals surface area contributed by atoms with E-state index in [9.17, 15) is 4.79 Å². The van der Waals surface area contributed by atoms with E-state index in [4.69, 9.17) is 4.74 Å². The number of hydrogen-bond donors (Lipinski definition) is 0. The van der Waals surface area contributed by atoms with Crippen molar-refractivity contribution in [1.82, 2.24) is 9.97 Å². The highest BCUT2D eigenvalue weighted by molar-refractivity contribution is 5.55. The van der Waals surface area contributed by atoms with Crippen molar-refractivity contribution in [3.8, 4) is 5.75 Å². The van der Waals surface area contributed by atoms with Gasteiger partial charge in [0.1, 0.15) is 12.0 Å². The minimum atomic E-state index is 0.409. The number of aryl methyl sites for hydroxylation is 3. The van der Waals surface area contributed by atoms with Crippen molar-refractivity contribution in [3.05, 3.63) is 82.7 Å². The van der Waals surface area contributed by atoms with Gasteiger partial charge in [-0.2, -0.15) is 0 Å². The maximum absolute atomic E-state index is 10.7. The molecule has 0 fully saturated rings. The zero-order valence-electron chi connectivity index (χ0n) is 18.7. The molecule has 0 N–H and O–H groups in total. The highest BCUT2D eigenvalue weighted by Crippen LogP contribution is 2.18. The second-order valence-electron chi connectivity index (χ2n) is 7.82. The molecule has 0 spiro atoms. The van der Waals surface area contributed by atoms with Crippen molar-refractivity contribution in [3.63, 3.8) is 0 Å². The predicted octanol–water partition coefficient (Wildman–Crippen LogP) is 4.87. The lowest BCUT2D eigenvalue weighted by atomic mass is 10.1. The number of rotatable bonds is 11. The zero-order valence-corrected chi connectivity index (χ0v) is 18.7. The number of ether oxygens (including phenoxy) is 1. The Morgan fingerprint density at radius 1 is 1.03 bits per heavy atom. The molecule has 0 atom stereocenters. The number of aldehydes is 1. The van der Waals surface area contributed by atoms with Gasteiger partial charge in [-0.15, -0.1) is 0 Å². The summed E-state index contributed by atoms with van der Waals surface area (Å²) < 4.78 is 5.92. The van der Waals surface area contributed by atoms with Gasteiger partial charge in [0.05, 0.1) is 6.61 Å². The van der Waals surface area contributed by atoms with Gasteiger partial charge < -0.3 is 14.4 Å². The van der Waals surface area contributed by atoms with Crippen LogP contribution in [0.4, 0.5) is 5.95 Å². The summed E-state index contributed by atoms with van der Waals surface area (Å²) in [6, 6.07) is 14.3. The molecule has 1 aromatic heterocycles. The molecule has 0 radical (unpaired) electrons. The molecule has 3 aromatic rings. The maximum atomic E-state index is 10.7. The summed E-state index contributed by atoms with van der Waals surface area (Å²) in [4.78, 5) is 22.1. The van der Waals surface area contributed by atoms with Crippen LogP contribution in [0.1, 0.15) is 41.2 Å². The standard InChI is InChI=1S/C26H31N3O2/c1-4-22-17-27-26(28-18-22)29(19-24-10-9-20(2)15-21(24)3)12-6-14-31-25-8-5-7-23(16-25)11-13-30/h5,7-10,13,15-18H,4,6,11-12,14,19H2,1-3H3. The Morgan fingerprint density at radius 3 is 2.55 bits per heavy atom. The molecular weight excluding hydrogens is 386 g/mol. The Hall–Kier alpha value is -3.21. The lowest BCUT2D eigenvalue weighted by Crippen LogP contribution is -2.27. The van der Waals surface area contributed by atoms with Crippen molar-refractivity contribution >= 4 is 12.2 Å². The first-order valence-corrected chi connectivity index (χ1v) is 10.9. The molecule has 5 heteroatoms. The lowest BCUT2D eigenvalue weighted by molar-refractivity contribution is -0.107. The molecule has 3 rings (SSSR count). The minimum Gasteiger partial charge on any atom is -0.494 e. The van der Waals surface area contributed by atoms with Crippen molar-refractivity contribution < 1.29 is 9.53 Å². The van der Waals surface area contributed by atoms with Crippen LogP contribution in [0, 0.1) is 13.8 Å². The predicted molar refractivity (Wildman–Crippen MR) is 125 cm³/mol. The van der Waals surface area contributed by atoms with E-state index in [1.54, 1.807) is 0 Å². The molecule has 0 amide bonds. The first-order chi connectivity index (χ1) is 15.1. The third kappa shape index (κ3) is 6.64. The van der Waals surface area contributed by atoms with E-state index in [1.165, 1.54) is 16.7 Å². The topological polar surface area (TPSA) is 55.3 Å². The normalized spacial score (nSPS) is 10.7. The number of hydrogen-bond acceptors (Lipinski definition) is 5. The Morgan fingerprint density at radius 2 is 1.84 bits per heavy atom. The largest absolute Gasteiger partial charge is 0.494 e. The fourth-order valence-electron chi connectivity index (χ4n) is 3.48. The Balaban J connectivity index is 1.66. The summed E-state index contributed by atoms with van der Waals surface area (Å²) in [5.74, 6) is 1.54. The van der Waals surface area contributed by atoms with Gasteiger partial charge in [-0.05, 0) is 61.1 Å². The van der Waals surface area contributed by atoms with Gasteiger partial charge in [-0.1, -0.05) is 42.8 Å². The Labute approximate surface area is 185 Å². The molecule has 1 heterocycles. The zero-order chi connectivity index (χ0) is 22.1. The molecular formula is C26H31N3O2. The molecule has 5 nitrogen and oxygen atoms in total. The van der Waals surface area contributed by atoms with Crippen molar-refractivity contribution in [1.29, 1.82) is 0 Å². The summed E-state index contributed by atoms with van der Waals surface area (Å²) in [6.45, 7) is 8.49. The Kier molecular flexibility index (Phi) is 8.16. The van der Waals surface area contributed by atoms with Gasteiger partial charge in [0, 0.05) is 31.9 Å². The molecule has 0 unspecified atom stereocenters. The third-order valence-electron chi connectivity index (χ3n) is 5.30. The van der Waals surface area contributed by atoms with Crippen LogP contribution in [0.25, 0.3) is 0 Å². The number of carbonyl (C=O) groups is 1. The van der Waals surface area contributed by atoms with Gasteiger partial charge >= 0.3 is 0 Å². The van der Waals surface area contributed by atoms with Crippen LogP contribution < -0.4 is 9.64 Å². The number of carbonyl (C=O) groups excluding carboxylic acids is 1. The smallest absolute Gasteiger partial charge is 0.225 e. The second kappa shape index (κ2) is 11.3. The fraction of sp³-hybridized carbons (Fsp3) is 0.346. The molecule has 0 aliphatic rings. The van der Waals surface area contributed by atoms with Crippen molar-refractivity contribution in [2.45, 2.75) is 46.6 Å². The highest BCUT2D eigenvalue weighted by atomic mass is 16.5. The van der Waals surface area contributed by atoms with E-state index in [-0.39, 0.29) is 0 Å². The van der Waals surface area contributed by atoms with Gasteiger partial charge in [0.2, 0.25) is 5.95 Å². The van der Waals surface area contributed by atoms with Gasteiger partial charge in [-0.3, -0.25) is 0 Å². The van der Waals surface area contributed by atoms with Gasteiger partial charge in [0.15, 0.2) is 0 Å². The van der Waals surface area contributed by atoms with Crippen LogP contribution in [0.5, 0.6) is 5.75 Å². The van der Waals surface area contributed by atoms with Crippen LogP contribution >= 0.6 is 0 Å². The first kappa shape index (κ1) is 22.5. The van der Waals surface area contributed by atoms with Crippen LogP contribution in [0.2, 0.25) is 0 Å². The highest BCUT2D eigenvalue weighted by Gasteiger charge is 2.12. The van der Waals surface area contributed by atoms with Crippen LogP contribution in [-0.2, 0) is 24.2 Å². The third-order valence-corrected chi connectivity index (χ3v) is 5.30. The number of aromatic nitrogens is 2. The van der Waals surface area contributed by atoms with E-state index in [1.807, 2.05) is 36.7 Å².